The lowest BCUT2D eigenvalue weighted by Crippen LogP contribution is -2.37. The van der Waals surface area contributed by atoms with Gasteiger partial charge in [-0.15, -0.1) is 0 Å². The molecule has 1 aliphatic rings. The summed E-state index contributed by atoms with van der Waals surface area (Å²) in [6.45, 7) is 3.76. The maximum Gasteiger partial charge on any atom is 0.261 e. The lowest BCUT2D eigenvalue weighted by Gasteiger charge is -2.38. The molecule has 6 nitrogen and oxygen atoms in total. The molecular formula is C17H16ClN5O. The Morgan fingerprint density at radius 3 is 2.62 bits per heavy atom. The second kappa shape index (κ2) is 5.63. The molecule has 0 radical (unpaired) electrons. The van der Waals surface area contributed by atoms with Gasteiger partial charge in [0.15, 0.2) is 5.82 Å². The van der Waals surface area contributed by atoms with Gasteiger partial charge in [0.2, 0.25) is 0 Å². The van der Waals surface area contributed by atoms with Gasteiger partial charge in [-0.1, -0.05) is 29.2 Å². The maximum absolute atomic E-state index is 6.06. The first-order chi connectivity index (χ1) is 11.6. The standard InChI is InChI=1S/C17H16ClN5O/c1-10-12(9-19-11(2)20-10)15-22-16(23-24-15)17(7-4-8-17)13-5-3-6-14(18)21-13/h3,5-6,9H,4,7-8H2,1-2H3. The molecule has 0 unspecified atom stereocenters. The van der Waals surface area contributed by atoms with Gasteiger partial charge in [-0.05, 0) is 38.8 Å². The minimum Gasteiger partial charge on any atom is -0.334 e. The van der Waals surface area contributed by atoms with Crippen LogP contribution in [0.3, 0.4) is 0 Å². The molecule has 3 aromatic heterocycles. The monoisotopic (exact) mass is 341 g/mol. The highest BCUT2D eigenvalue weighted by atomic mass is 35.5. The van der Waals surface area contributed by atoms with E-state index < -0.39 is 0 Å². The first-order valence-electron chi connectivity index (χ1n) is 7.86. The predicted octanol–water partition coefficient (Wildman–Crippen LogP) is 3.66. The molecule has 0 saturated heterocycles. The van der Waals surface area contributed by atoms with Gasteiger partial charge in [-0.25, -0.2) is 15.0 Å². The lowest BCUT2D eigenvalue weighted by atomic mass is 9.66. The summed E-state index contributed by atoms with van der Waals surface area (Å²) in [5.41, 5.74) is 2.16. The van der Waals surface area contributed by atoms with Crippen molar-refractivity contribution < 1.29 is 4.52 Å². The number of hydrogen-bond donors (Lipinski definition) is 0. The molecule has 3 aromatic rings. The zero-order valence-electron chi connectivity index (χ0n) is 13.5. The fourth-order valence-electron chi connectivity index (χ4n) is 3.12. The number of hydrogen-bond acceptors (Lipinski definition) is 6. The van der Waals surface area contributed by atoms with Gasteiger partial charge < -0.3 is 4.52 Å². The fraction of sp³-hybridized carbons (Fsp3) is 0.353. The van der Waals surface area contributed by atoms with Crippen molar-refractivity contribution in [3.05, 3.63) is 52.6 Å². The van der Waals surface area contributed by atoms with Gasteiger partial charge in [0.1, 0.15) is 11.0 Å². The molecule has 122 valence electrons. The Hall–Kier alpha value is -2.34. The first-order valence-corrected chi connectivity index (χ1v) is 8.24. The van der Waals surface area contributed by atoms with E-state index in [1.54, 1.807) is 12.3 Å². The summed E-state index contributed by atoms with van der Waals surface area (Å²) >= 11 is 6.06. The minimum absolute atomic E-state index is 0.313. The summed E-state index contributed by atoms with van der Waals surface area (Å²) in [6.07, 6.45) is 4.69. The highest BCUT2D eigenvalue weighted by Crippen LogP contribution is 2.47. The Labute approximate surface area is 144 Å². The van der Waals surface area contributed by atoms with Gasteiger partial charge in [0.05, 0.1) is 22.4 Å². The van der Waals surface area contributed by atoms with Crippen molar-refractivity contribution in [3.63, 3.8) is 0 Å². The third-order valence-corrected chi connectivity index (χ3v) is 4.81. The third kappa shape index (κ3) is 2.38. The molecule has 0 spiro atoms. The van der Waals surface area contributed by atoms with E-state index in [2.05, 4.69) is 25.1 Å². The van der Waals surface area contributed by atoms with E-state index in [4.69, 9.17) is 16.1 Å². The summed E-state index contributed by atoms with van der Waals surface area (Å²) in [5.74, 6) is 1.81. The molecule has 0 bridgehead atoms. The van der Waals surface area contributed by atoms with E-state index >= 15 is 0 Å². The molecular weight excluding hydrogens is 326 g/mol. The molecule has 0 N–H and O–H groups in total. The van der Waals surface area contributed by atoms with E-state index in [1.807, 2.05) is 26.0 Å². The molecule has 0 aliphatic heterocycles. The van der Waals surface area contributed by atoms with Crippen molar-refractivity contribution in [1.82, 2.24) is 25.1 Å². The number of pyridine rings is 1. The molecule has 7 heteroatoms. The van der Waals surface area contributed by atoms with Gasteiger partial charge in [-0.2, -0.15) is 4.98 Å². The van der Waals surface area contributed by atoms with E-state index in [-0.39, 0.29) is 5.41 Å². The quantitative estimate of drug-likeness (QED) is 0.676. The lowest BCUT2D eigenvalue weighted by molar-refractivity contribution is 0.266. The second-order valence-corrected chi connectivity index (χ2v) is 6.51. The molecule has 24 heavy (non-hydrogen) atoms. The van der Waals surface area contributed by atoms with E-state index in [9.17, 15) is 0 Å². The second-order valence-electron chi connectivity index (χ2n) is 6.12. The Kier molecular flexibility index (Phi) is 3.57. The first kappa shape index (κ1) is 15.2. The zero-order valence-corrected chi connectivity index (χ0v) is 14.2. The Bertz CT molecular complexity index is 904. The van der Waals surface area contributed by atoms with Crippen LogP contribution in [0.4, 0.5) is 0 Å². The van der Waals surface area contributed by atoms with Crippen molar-refractivity contribution >= 4 is 11.6 Å². The largest absolute Gasteiger partial charge is 0.334 e. The van der Waals surface area contributed by atoms with E-state index in [0.717, 1.165) is 42.0 Å². The van der Waals surface area contributed by atoms with Crippen LogP contribution in [0.5, 0.6) is 0 Å². The maximum atomic E-state index is 6.06. The molecule has 4 rings (SSSR count). The molecule has 0 amide bonds. The van der Waals surface area contributed by atoms with Crippen molar-refractivity contribution in [2.24, 2.45) is 0 Å². The van der Waals surface area contributed by atoms with Crippen LogP contribution in [0, 0.1) is 13.8 Å². The topological polar surface area (TPSA) is 77.6 Å². The zero-order chi connectivity index (χ0) is 16.7. The normalized spacial score (nSPS) is 16.0. The molecule has 0 aromatic carbocycles. The number of nitrogens with zero attached hydrogens (tertiary/aromatic N) is 5. The van der Waals surface area contributed by atoms with Crippen LogP contribution in [0.1, 0.15) is 42.3 Å². The Balaban J connectivity index is 1.76. The molecule has 1 saturated carbocycles. The van der Waals surface area contributed by atoms with Crippen molar-refractivity contribution in [2.75, 3.05) is 0 Å². The summed E-state index contributed by atoms with van der Waals surface area (Å²) in [5, 5.41) is 4.71. The number of rotatable bonds is 3. The summed E-state index contributed by atoms with van der Waals surface area (Å²) in [7, 11) is 0. The minimum atomic E-state index is -0.313. The van der Waals surface area contributed by atoms with Gasteiger partial charge in [0, 0.05) is 6.20 Å². The third-order valence-electron chi connectivity index (χ3n) is 4.60. The number of halogens is 1. The summed E-state index contributed by atoms with van der Waals surface area (Å²) in [4.78, 5) is 17.7. The van der Waals surface area contributed by atoms with E-state index in [0.29, 0.717) is 16.9 Å². The Morgan fingerprint density at radius 1 is 1.12 bits per heavy atom. The fourth-order valence-corrected chi connectivity index (χ4v) is 3.28. The highest BCUT2D eigenvalue weighted by Gasteiger charge is 2.46. The molecule has 1 fully saturated rings. The van der Waals surface area contributed by atoms with Crippen LogP contribution in [0.2, 0.25) is 5.15 Å². The van der Waals surface area contributed by atoms with Crippen molar-refractivity contribution in [3.8, 4) is 11.5 Å². The highest BCUT2D eigenvalue weighted by molar-refractivity contribution is 6.29. The number of aryl methyl sites for hydroxylation is 2. The van der Waals surface area contributed by atoms with Crippen molar-refractivity contribution in [2.45, 2.75) is 38.5 Å². The van der Waals surface area contributed by atoms with E-state index in [1.165, 1.54) is 0 Å². The van der Waals surface area contributed by atoms with Gasteiger partial charge in [0.25, 0.3) is 5.89 Å². The van der Waals surface area contributed by atoms with Gasteiger partial charge >= 0.3 is 0 Å². The van der Waals surface area contributed by atoms with Crippen LogP contribution in [-0.4, -0.2) is 25.1 Å². The molecule has 3 heterocycles. The average Bonchev–Trinajstić information content (AvgIpc) is 2.96. The summed E-state index contributed by atoms with van der Waals surface area (Å²) in [6, 6.07) is 5.65. The predicted molar refractivity (Wildman–Crippen MR) is 88.7 cm³/mol. The smallest absolute Gasteiger partial charge is 0.261 e. The van der Waals surface area contributed by atoms with Crippen LogP contribution in [0.25, 0.3) is 11.5 Å². The van der Waals surface area contributed by atoms with Crippen LogP contribution in [0.15, 0.2) is 28.9 Å². The molecule has 0 atom stereocenters. The van der Waals surface area contributed by atoms with Crippen LogP contribution < -0.4 is 0 Å². The average molecular weight is 342 g/mol. The van der Waals surface area contributed by atoms with Gasteiger partial charge in [-0.3, -0.25) is 0 Å². The van der Waals surface area contributed by atoms with Crippen molar-refractivity contribution in [1.29, 1.82) is 0 Å². The number of aromatic nitrogens is 5. The van der Waals surface area contributed by atoms with Crippen LogP contribution in [-0.2, 0) is 5.41 Å². The summed E-state index contributed by atoms with van der Waals surface area (Å²) < 4.78 is 5.50. The Morgan fingerprint density at radius 2 is 1.96 bits per heavy atom. The molecule has 1 aliphatic carbocycles. The van der Waals surface area contributed by atoms with Crippen LogP contribution >= 0.6 is 11.6 Å². The SMILES string of the molecule is Cc1ncc(-c2nc(C3(c4cccc(Cl)n4)CCC3)no2)c(C)n1.